The quantitative estimate of drug-likeness (QED) is 0.388. The number of anilines is 1. The van der Waals surface area contributed by atoms with Crippen LogP contribution in [0.5, 0.6) is 0 Å². The van der Waals surface area contributed by atoms with E-state index in [9.17, 15) is 9.59 Å². The Labute approximate surface area is 212 Å². The zero-order valence-corrected chi connectivity index (χ0v) is 21.1. The van der Waals surface area contributed by atoms with E-state index in [1.165, 1.54) is 10.2 Å². The highest BCUT2D eigenvalue weighted by atomic mass is 16.6. The van der Waals surface area contributed by atoms with Gasteiger partial charge in [-0.05, 0) is 62.5 Å². The van der Waals surface area contributed by atoms with Crippen molar-refractivity contribution < 1.29 is 19.1 Å². The fraction of sp³-hybridized carbons (Fsp3) is 0.429. The molecule has 3 aromatic rings. The van der Waals surface area contributed by atoms with Crippen molar-refractivity contribution in [1.29, 1.82) is 0 Å². The van der Waals surface area contributed by atoms with Crippen LogP contribution in [0.3, 0.4) is 0 Å². The molecule has 1 aliphatic rings. The molecule has 190 valence electrons. The third-order valence-electron chi connectivity index (χ3n) is 6.86. The Balaban J connectivity index is 1.37. The first kappa shape index (κ1) is 25.4. The molecule has 0 aliphatic heterocycles. The number of carbonyl (C=O) groups is 2. The third kappa shape index (κ3) is 6.30. The topological polar surface area (TPSA) is 95.3 Å². The molecule has 4 rings (SSSR count). The summed E-state index contributed by atoms with van der Waals surface area (Å²) >= 11 is 0. The van der Waals surface area contributed by atoms with E-state index >= 15 is 0 Å². The van der Waals surface area contributed by atoms with E-state index in [0.717, 1.165) is 36.8 Å². The molecular weight excluding hydrogens is 456 g/mol. The molecule has 8 nitrogen and oxygen atoms in total. The minimum Gasteiger partial charge on any atom is -0.466 e. The first-order valence-corrected chi connectivity index (χ1v) is 12.6. The number of carbonyl (C=O) groups excluding carboxylic acids is 2. The molecule has 0 radical (unpaired) electrons. The summed E-state index contributed by atoms with van der Waals surface area (Å²) in [4.78, 5) is 24.4. The molecule has 0 spiro atoms. The number of nitrogens with zero attached hydrogens (tertiary/aromatic N) is 3. The van der Waals surface area contributed by atoms with Gasteiger partial charge in [0.05, 0.1) is 6.61 Å². The van der Waals surface area contributed by atoms with Crippen LogP contribution in [0.2, 0.25) is 0 Å². The molecule has 1 aliphatic carbocycles. The van der Waals surface area contributed by atoms with E-state index in [0.29, 0.717) is 36.4 Å². The molecule has 0 bridgehead atoms. The maximum absolute atomic E-state index is 12.6. The van der Waals surface area contributed by atoms with E-state index in [-0.39, 0.29) is 12.1 Å². The minimum atomic E-state index is -0.561. The summed E-state index contributed by atoms with van der Waals surface area (Å²) in [6, 6.07) is 17.9. The number of amides is 1. The summed E-state index contributed by atoms with van der Waals surface area (Å²) in [5, 5.41) is 11.2. The molecule has 1 atom stereocenters. The van der Waals surface area contributed by atoms with Crippen molar-refractivity contribution in [2.45, 2.75) is 58.0 Å². The van der Waals surface area contributed by atoms with Gasteiger partial charge >= 0.3 is 12.1 Å². The summed E-state index contributed by atoms with van der Waals surface area (Å²) in [7, 11) is 1.73. The Hall–Kier alpha value is -3.68. The molecule has 1 amide bonds. The summed E-state index contributed by atoms with van der Waals surface area (Å²) in [5.41, 5.74) is 3.66. The summed E-state index contributed by atoms with van der Waals surface area (Å²) in [6.07, 6.45) is 3.77. The van der Waals surface area contributed by atoms with Crippen molar-refractivity contribution in [2.24, 2.45) is 13.0 Å². The second-order valence-electron chi connectivity index (χ2n) is 9.34. The maximum Gasteiger partial charge on any atom is 0.413 e. The molecule has 8 heteroatoms. The van der Waals surface area contributed by atoms with Crippen molar-refractivity contribution in [3.63, 3.8) is 0 Å². The van der Waals surface area contributed by atoms with E-state index in [4.69, 9.17) is 9.47 Å². The molecule has 1 fully saturated rings. The number of rotatable bonds is 8. The van der Waals surface area contributed by atoms with Crippen molar-refractivity contribution in [3.8, 4) is 11.3 Å². The van der Waals surface area contributed by atoms with Crippen molar-refractivity contribution in [3.05, 3.63) is 65.7 Å². The van der Waals surface area contributed by atoms with Gasteiger partial charge in [-0.2, -0.15) is 0 Å². The lowest BCUT2D eigenvalue weighted by molar-refractivity contribution is -0.144. The average molecular weight is 491 g/mol. The summed E-state index contributed by atoms with van der Waals surface area (Å²) in [6.45, 7) is 4.12. The van der Waals surface area contributed by atoms with Gasteiger partial charge in [-0.25, -0.2) is 9.48 Å². The second kappa shape index (κ2) is 11.8. The summed E-state index contributed by atoms with van der Waals surface area (Å²) < 4.78 is 12.2. The van der Waals surface area contributed by atoms with Gasteiger partial charge in [0.1, 0.15) is 11.8 Å². The van der Waals surface area contributed by atoms with E-state index in [1.807, 2.05) is 56.3 Å². The van der Waals surface area contributed by atoms with Gasteiger partial charge in [-0.15, -0.1) is 5.10 Å². The predicted molar refractivity (Wildman–Crippen MR) is 137 cm³/mol. The number of aryl methyl sites for hydroxylation is 1. The molecule has 1 saturated carbocycles. The van der Waals surface area contributed by atoms with Crippen LogP contribution < -0.4 is 5.32 Å². The zero-order valence-electron chi connectivity index (χ0n) is 21.1. The molecule has 0 saturated heterocycles. The number of aromatic nitrogens is 3. The molecule has 1 aromatic heterocycles. The number of ether oxygens (including phenoxy) is 2. The lowest BCUT2D eigenvalue weighted by Gasteiger charge is -2.28. The Bertz CT molecular complexity index is 1150. The molecular formula is C28H34N4O4. The molecule has 2 aromatic carbocycles. The molecule has 36 heavy (non-hydrogen) atoms. The Morgan fingerprint density at radius 2 is 1.75 bits per heavy atom. The maximum atomic E-state index is 12.6. The van der Waals surface area contributed by atoms with Gasteiger partial charge in [0, 0.05) is 19.0 Å². The van der Waals surface area contributed by atoms with Gasteiger partial charge in [0.25, 0.3) is 0 Å². The van der Waals surface area contributed by atoms with Gasteiger partial charge in [-0.3, -0.25) is 10.1 Å². The first-order chi connectivity index (χ1) is 17.4. The lowest BCUT2D eigenvalue weighted by Crippen LogP contribution is -2.18. The fourth-order valence-corrected chi connectivity index (χ4v) is 4.84. The third-order valence-corrected chi connectivity index (χ3v) is 6.86. The minimum absolute atomic E-state index is 0.0860. The van der Waals surface area contributed by atoms with Crippen molar-refractivity contribution in [2.75, 3.05) is 11.9 Å². The van der Waals surface area contributed by atoms with Crippen LogP contribution in [0.25, 0.3) is 11.3 Å². The highest BCUT2D eigenvalue weighted by Crippen LogP contribution is 2.38. The Kier molecular flexibility index (Phi) is 8.36. The van der Waals surface area contributed by atoms with Crippen LogP contribution in [-0.4, -0.2) is 33.7 Å². The monoisotopic (exact) mass is 490 g/mol. The smallest absolute Gasteiger partial charge is 0.413 e. The second-order valence-corrected chi connectivity index (χ2v) is 9.34. The number of benzene rings is 2. The number of esters is 1. The van der Waals surface area contributed by atoms with E-state index in [1.54, 1.807) is 7.05 Å². The van der Waals surface area contributed by atoms with E-state index < -0.39 is 6.09 Å². The predicted octanol–water partition coefficient (Wildman–Crippen LogP) is 6.02. The standard InChI is InChI=1S/C28H34N4O4/c1-4-35-25(33)18-20-10-12-22(13-11-20)23-14-16-24(17-15-23)26-27(32(3)31-30-26)29-28(34)36-19(2)21-8-6-5-7-9-21/h5-9,14-17,19-20,22H,4,10-13,18H2,1-3H3,(H,29,34). The van der Waals surface area contributed by atoms with Crippen LogP contribution >= 0.6 is 0 Å². The van der Waals surface area contributed by atoms with Gasteiger partial charge in [0.2, 0.25) is 0 Å². The van der Waals surface area contributed by atoms with Crippen LogP contribution in [0.15, 0.2) is 54.6 Å². The normalized spacial score (nSPS) is 18.3. The van der Waals surface area contributed by atoms with Gasteiger partial charge < -0.3 is 9.47 Å². The first-order valence-electron chi connectivity index (χ1n) is 12.6. The number of hydrogen-bond donors (Lipinski definition) is 1. The van der Waals surface area contributed by atoms with Crippen LogP contribution in [0, 0.1) is 5.92 Å². The zero-order chi connectivity index (χ0) is 25.5. The number of nitrogens with one attached hydrogen (secondary N) is 1. The van der Waals surface area contributed by atoms with E-state index in [2.05, 4.69) is 27.8 Å². The van der Waals surface area contributed by atoms with Gasteiger partial charge in [0.15, 0.2) is 5.82 Å². The number of hydrogen-bond acceptors (Lipinski definition) is 6. The van der Waals surface area contributed by atoms with Crippen LogP contribution in [-0.2, 0) is 21.3 Å². The highest BCUT2D eigenvalue weighted by Gasteiger charge is 2.25. The lowest BCUT2D eigenvalue weighted by atomic mass is 9.77. The largest absolute Gasteiger partial charge is 0.466 e. The van der Waals surface area contributed by atoms with Crippen molar-refractivity contribution in [1.82, 2.24) is 15.0 Å². The molecule has 1 heterocycles. The summed E-state index contributed by atoms with van der Waals surface area (Å²) in [5.74, 6) is 1.29. The average Bonchev–Trinajstić information content (AvgIpc) is 3.25. The molecule has 1 unspecified atom stereocenters. The molecule has 1 N–H and O–H groups in total. The highest BCUT2D eigenvalue weighted by molar-refractivity contribution is 5.88. The van der Waals surface area contributed by atoms with Crippen LogP contribution in [0.1, 0.15) is 69.1 Å². The fourth-order valence-electron chi connectivity index (χ4n) is 4.84. The Morgan fingerprint density at radius 1 is 1.06 bits per heavy atom. The van der Waals surface area contributed by atoms with Gasteiger partial charge in [-0.1, -0.05) is 59.8 Å². The Morgan fingerprint density at radius 3 is 2.42 bits per heavy atom. The SMILES string of the molecule is CCOC(=O)CC1CCC(c2ccc(-c3nnn(C)c3NC(=O)OC(C)c3ccccc3)cc2)CC1. The van der Waals surface area contributed by atoms with Crippen LogP contribution in [0.4, 0.5) is 10.6 Å². The van der Waals surface area contributed by atoms with Crippen molar-refractivity contribution >= 4 is 17.9 Å².